The van der Waals surface area contributed by atoms with Gasteiger partial charge in [-0.3, -0.25) is 9.69 Å². The first-order valence-electron chi connectivity index (χ1n) is 10.1. The molecule has 28 heavy (non-hydrogen) atoms. The SMILES string of the molecule is Cl.Cl.O=C(CCN1CCN(c2ccccn2)CC1)N1CCC2(CCNC2)CC1. The van der Waals surface area contributed by atoms with Crippen molar-refractivity contribution in [3.63, 3.8) is 0 Å². The molecular weight excluding hydrogens is 397 g/mol. The molecule has 0 aliphatic carbocycles. The van der Waals surface area contributed by atoms with Crippen LogP contribution in [0.15, 0.2) is 24.4 Å². The third kappa shape index (κ3) is 5.50. The van der Waals surface area contributed by atoms with E-state index in [4.69, 9.17) is 0 Å². The maximum absolute atomic E-state index is 12.6. The number of piperidine rings is 1. The van der Waals surface area contributed by atoms with Crippen LogP contribution < -0.4 is 10.2 Å². The number of likely N-dealkylation sites (tertiary alicyclic amines) is 1. The Balaban J connectivity index is 0.00000140. The molecule has 1 spiro atoms. The summed E-state index contributed by atoms with van der Waals surface area (Å²) in [4.78, 5) is 23.9. The fourth-order valence-corrected chi connectivity index (χ4v) is 4.61. The van der Waals surface area contributed by atoms with Gasteiger partial charge in [-0.05, 0) is 43.4 Å². The Morgan fingerprint density at radius 1 is 1.04 bits per heavy atom. The van der Waals surface area contributed by atoms with E-state index in [1.54, 1.807) is 0 Å². The van der Waals surface area contributed by atoms with E-state index in [0.29, 0.717) is 17.7 Å². The van der Waals surface area contributed by atoms with Crippen molar-refractivity contribution in [1.82, 2.24) is 20.1 Å². The van der Waals surface area contributed by atoms with Crippen LogP contribution >= 0.6 is 24.8 Å². The van der Waals surface area contributed by atoms with Crippen molar-refractivity contribution in [2.75, 3.05) is 63.8 Å². The number of carbonyl (C=O) groups is 1. The minimum Gasteiger partial charge on any atom is -0.354 e. The van der Waals surface area contributed by atoms with Gasteiger partial charge in [-0.25, -0.2) is 4.98 Å². The third-order valence-electron chi connectivity index (χ3n) is 6.50. The standard InChI is InChI=1S/C20H31N5O.2ClH/c26-19(25-11-6-20(7-12-25)5-9-21-17-20)4-10-23-13-15-24(16-14-23)18-3-1-2-8-22-18;;/h1-3,8,21H,4-7,9-17H2;2*1H. The molecule has 0 radical (unpaired) electrons. The fourth-order valence-electron chi connectivity index (χ4n) is 4.61. The van der Waals surface area contributed by atoms with E-state index in [2.05, 4.69) is 31.1 Å². The maximum Gasteiger partial charge on any atom is 0.223 e. The van der Waals surface area contributed by atoms with E-state index in [-0.39, 0.29) is 24.8 Å². The molecule has 1 amide bonds. The number of halogens is 2. The number of hydrogen-bond donors (Lipinski definition) is 1. The lowest BCUT2D eigenvalue weighted by Crippen LogP contribution is -2.48. The summed E-state index contributed by atoms with van der Waals surface area (Å²) in [7, 11) is 0. The predicted octanol–water partition coefficient (Wildman–Crippen LogP) is 2.04. The van der Waals surface area contributed by atoms with Crippen molar-refractivity contribution in [2.24, 2.45) is 5.41 Å². The van der Waals surface area contributed by atoms with Gasteiger partial charge in [0, 0.05) is 65.0 Å². The second kappa shape index (κ2) is 10.6. The highest BCUT2D eigenvalue weighted by molar-refractivity contribution is 5.85. The molecule has 3 saturated heterocycles. The van der Waals surface area contributed by atoms with E-state index in [0.717, 1.165) is 64.7 Å². The molecule has 0 atom stereocenters. The first kappa shape index (κ1) is 23.2. The molecule has 4 heterocycles. The Labute approximate surface area is 180 Å². The first-order valence-corrected chi connectivity index (χ1v) is 10.1. The number of amides is 1. The van der Waals surface area contributed by atoms with E-state index in [9.17, 15) is 4.79 Å². The van der Waals surface area contributed by atoms with Crippen LogP contribution in [0.3, 0.4) is 0 Å². The number of nitrogens with one attached hydrogen (secondary N) is 1. The molecule has 8 heteroatoms. The molecule has 0 aromatic carbocycles. The molecule has 158 valence electrons. The van der Waals surface area contributed by atoms with Crippen molar-refractivity contribution >= 4 is 36.5 Å². The number of aromatic nitrogens is 1. The van der Waals surface area contributed by atoms with Crippen LogP contribution in [0.4, 0.5) is 5.82 Å². The van der Waals surface area contributed by atoms with Crippen LogP contribution in [-0.4, -0.2) is 79.6 Å². The van der Waals surface area contributed by atoms with Crippen molar-refractivity contribution in [2.45, 2.75) is 25.7 Å². The average Bonchev–Trinajstić information content (AvgIpc) is 3.16. The lowest BCUT2D eigenvalue weighted by atomic mass is 9.78. The smallest absolute Gasteiger partial charge is 0.223 e. The molecule has 3 aliphatic heterocycles. The number of nitrogens with zero attached hydrogens (tertiary/aromatic N) is 4. The molecule has 3 fully saturated rings. The van der Waals surface area contributed by atoms with Gasteiger partial charge in [-0.15, -0.1) is 24.8 Å². The van der Waals surface area contributed by atoms with Gasteiger partial charge in [0.05, 0.1) is 0 Å². The number of piperazine rings is 1. The Morgan fingerprint density at radius 2 is 1.79 bits per heavy atom. The van der Waals surface area contributed by atoms with Crippen molar-refractivity contribution in [1.29, 1.82) is 0 Å². The zero-order valence-corrected chi connectivity index (χ0v) is 18.1. The van der Waals surface area contributed by atoms with Gasteiger partial charge in [0.2, 0.25) is 5.91 Å². The normalized spacial score (nSPS) is 21.9. The van der Waals surface area contributed by atoms with Crippen LogP contribution in [0.1, 0.15) is 25.7 Å². The number of carbonyl (C=O) groups excluding carboxylic acids is 1. The summed E-state index contributed by atoms with van der Waals surface area (Å²) in [6, 6.07) is 6.07. The van der Waals surface area contributed by atoms with Gasteiger partial charge in [0.15, 0.2) is 0 Å². The number of pyridine rings is 1. The Hall–Kier alpha value is -1.08. The largest absolute Gasteiger partial charge is 0.354 e. The second-order valence-corrected chi connectivity index (χ2v) is 8.07. The summed E-state index contributed by atoms with van der Waals surface area (Å²) >= 11 is 0. The van der Waals surface area contributed by atoms with Gasteiger partial charge in [0.25, 0.3) is 0 Å². The summed E-state index contributed by atoms with van der Waals surface area (Å²) in [5, 5.41) is 3.49. The van der Waals surface area contributed by atoms with Crippen LogP contribution in [0.5, 0.6) is 0 Å². The number of anilines is 1. The van der Waals surface area contributed by atoms with Crippen LogP contribution in [0, 0.1) is 5.41 Å². The molecule has 0 bridgehead atoms. The van der Waals surface area contributed by atoms with Gasteiger partial charge in [-0.2, -0.15) is 0 Å². The highest BCUT2D eigenvalue weighted by Crippen LogP contribution is 2.36. The van der Waals surface area contributed by atoms with Crippen LogP contribution in [0.2, 0.25) is 0 Å². The van der Waals surface area contributed by atoms with E-state index in [1.807, 2.05) is 18.3 Å². The highest BCUT2D eigenvalue weighted by atomic mass is 35.5. The van der Waals surface area contributed by atoms with Gasteiger partial charge >= 0.3 is 0 Å². The molecule has 4 rings (SSSR count). The van der Waals surface area contributed by atoms with Crippen molar-refractivity contribution in [3.8, 4) is 0 Å². The van der Waals surface area contributed by atoms with E-state index < -0.39 is 0 Å². The summed E-state index contributed by atoms with van der Waals surface area (Å²) < 4.78 is 0. The summed E-state index contributed by atoms with van der Waals surface area (Å²) in [6.45, 7) is 9.10. The fraction of sp³-hybridized carbons (Fsp3) is 0.700. The van der Waals surface area contributed by atoms with Crippen LogP contribution in [0.25, 0.3) is 0 Å². The molecule has 1 aromatic heterocycles. The van der Waals surface area contributed by atoms with Crippen molar-refractivity contribution < 1.29 is 4.79 Å². The van der Waals surface area contributed by atoms with Gasteiger partial charge < -0.3 is 15.1 Å². The monoisotopic (exact) mass is 429 g/mol. The second-order valence-electron chi connectivity index (χ2n) is 8.07. The summed E-state index contributed by atoms with van der Waals surface area (Å²) in [5.74, 6) is 1.41. The van der Waals surface area contributed by atoms with Gasteiger partial charge in [-0.1, -0.05) is 6.07 Å². The van der Waals surface area contributed by atoms with Crippen LogP contribution in [-0.2, 0) is 4.79 Å². The van der Waals surface area contributed by atoms with Crippen molar-refractivity contribution in [3.05, 3.63) is 24.4 Å². The predicted molar refractivity (Wildman–Crippen MR) is 118 cm³/mol. The highest BCUT2D eigenvalue weighted by Gasteiger charge is 2.37. The summed E-state index contributed by atoms with van der Waals surface area (Å²) in [6.07, 6.45) is 6.15. The topological polar surface area (TPSA) is 51.7 Å². The molecule has 6 nitrogen and oxygen atoms in total. The quantitative estimate of drug-likeness (QED) is 0.793. The molecular formula is C20H33Cl2N5O. The average molecular weight is 430 g/mol. The molecule has 1 N–H and O–H groups in total. The Morgan fingerprint density at radius 3 is 2.39 bits per heavy atom. The van der Waals surface area contributed by atoms with Gasteiger partial charge in [0.1, 0.15) is 5.82 Å². The third-order valence-corrected chi connectivity index (χ3v) is 6.50. The zero-order valence-electron chi connectivity index (χ0n) is 16.5. The molecule has 1 aromatic rings. The summed E-state index contributed by atoms with van der Waals surface area (Å²) in [5.41, 5.74) is 0.485. The molecule has 0 unspecified atom stereocenters. The lowest BCUT2D eigenvalue weighted by molar-refractivity contribution is -0.133. The lowest BCUT2D eigenvalue weighted by Gasteiger charge is -2.39. The molecule has 0 saturated carbocycles. The zero-order chi connectivity index (χ0) is 17.8. The minimum absolute atomic E-state index is 0. The number of hydrogen-bond acceptors (Lipinski definition) is 5. The Bertz CT molecular complexity index is 594. The van der Waals surface area contributed by atoms with E-state index in [1.165, 1.54) is 19.3 Å². The van der Waals surface area contributed by atoms with E-state index >= 15 is 0 Å². The first-order chi connectivity index (χ1) is 12.7. The minimum atomic E-state index is 0. The molecule has 3 aliphatic rings. The number of rotatable bonds is 4. The maximum atomic E-state index is 12.6. The Kier molecular flexibility index (Phi) is 8.81.